The summed E-state index contributed by atoms with van der Waals surface area (Å²) in [5.74, 6) is 0.354. The molecule has 0 aliphatic heterocycles. The molecule has 0 radical (unpaired) electrons. The minimum Gasteiger partial charge on any atom is -0.458 e. The van der Waals surface area contributed by atoms with Crippen LogP contribution in [-0.2, 0) is 4.74 Å². The molecule has 110 valence electrons. The molecule has 1 heterocycles. The number of ether oxygens (including phenoxy) is 1. The zero-order chi connectivity index (χ0) is 14.7. The number of nitrogen functional groups attached to an aromatic ring is 1. The SMILES string of the molecule is Cc1nsc(N)c1C(=O)OC1CC2CCC1(C)C2(C)C. The van der Waals surface area contributed by atoms with Gasteiger partial charge in [-0.25, -0.2) is 4.79 Å². The number of nitrogens with zero attached hydrogens (tertiary/aromatic N) is 1. The molecule has 2 aliphatic carbocycles. The molecule has 0 aromatic carbocycles. The lowest BCUT2D eigenvalue weighted by molar-refractivity contribution is -0.0242. The number of carbonyl (C=O) groups is 1. The molecule has 3 atom stereocenters. The summed E-state index contributed by atoms with van der Waals surface area (Å²) in [5.41, 5.74) is 7.29. The van der Waals surface area contributed by atoms with Crippen molar-refractivity contribution in [3.63, 3.8) is 0 Å². The number of hydrogen-bond donors (Lipinski definition) is 1. The number of fused-ring (bicyclic) bond motifs is 2. The van der Waals surface area contributed by atoms with Crippen LogP contribution < -0.4 is 5.73 Å². The summed E-state index contributed by atoms with van der Waals surface area (Å²) >= 11 is 1.16. The average molecular weight is 294 g/mol. The molecule has 2 saturated carbocycles. The van der Waals surface area contributed by atoms with Crippen LogP contribution in [0.25, 0.3) is 0 Å². The van der Waals surface area contributed by atoms with Gasteiger partial charge in [0.2, 0.25) is 0 Å². The predicted octanol–water partition coefficient (Wildman–Crippen LogP) is 3.41. The highest BCUT2D eigenvalue weighted by Crippen LogP contribution is 2.66. The van der Waals surface area contributed by atoms with E-state index in [1.54, 1.807) is 6.92 Å². The Balaban J connectivity index is 1.82. The van der Waals surface area contributed by atoms with Gasteiger partial charge in [0.1, 0.15) is 16.7 Å². The van der Waals surface area contributed by atoms with E-state index in [4.69, 9.17) is 10.5 Å². The fraction of sp³-hybridized carbons (Fsp3) is 0.733. The highest BCUT2D eigenvalue weighted by molar-refractivity contribution is 7.10. The molecule has 2 fully saturated rings. The minimum absolute atomic E-state index is 0.00227. The van der Waals surface area contributed by atoms with Crippen molar-refractivity contribution in [2.24, 2.45) is 16.7 Å². The van der Waals surface area contributed by atoms with E-state index in [2.05, 4.69) is 25.1 Å². The maximum Gasteiger partial charge on any atom is 0.343 e. The Kier molecular flexibility index (Phi) is 2.91. The summed E-state index contributed by atoms with van der Waals surface area (Å²) in [6.07, 6.45) is 3.37. The van der Waals surface area contributed by atoms with Crippen LogP contribution in [0.3, 0.4) is 0 Å². The van der Waals surface area contributed by atoms with E-state index < -0.39 is 0 Å². The molecule has 1 aromatic heterocycles. The van der Waals surface area contributed by atoms with Crippen LogP contribution in [0.1, 0.15) is 56.1 Å². The average Bonchev–Trinajstić information content (AvgIpc) is 2.87. The van der Waals surface area contributed by atoms with Gasteiger partial charge >= 0.3 is 5.97 Å². The third-order valence-corrected chi connectivity index (χ3v) is 6.82. The Morgan fingerprint density at radius 2 is 2.15 bits per heavy atom. The lowest BCUT2D eigenvalue weighted by Gasteiger charge is -2.38. The topological polar surface area (TPSA) is 65.2 Å². The maximum absolute atomic E-state index is 12.4. The smallest absolute Gasteiger partial charge is 0.343 e. The molecular formula is C15H22N2O2S. The highest BCUT2D eigenvalue weighted by atomic mass is 32.1. The van der Waals surface area contributed by atoms with E-state index in [1.807, 2.05) is 0 Å². The minimum atomic E-state index is -0.302. The zero-order valence-corrected chi connectivity index (χ0v) is 13.3. The van der Waals surface area contributed by atoms with Crippen molar-refractivity contribution in [2.75, 3.05) is 5.73 Å². The van der Waals surface area contributed by atoms with Crippen LogP contribution >= 0.6 is 11.5 Å². The fourth-order valence-electron chi connectivity index (χ4n) is 4.13. The maximum atomic E-state index is 12.4. The largest absolute Gasteiger partial charge is 0.458 e. The van der Waals surface area contributed by atoms with Gasteiger partial charge in [0.05, 0.1) is 5.69 Å². The lowest BCUT2D eigenvalue weighted by Crippen LogP contribution is -2.38. The van der Waals surface area contributed by atoms with Crippen LogP contribution in [0.4, 0.5) is 5.00 Å². The first-order valence-corrected chi connectivity index (χ1v) is 7.97. The third-order valence-electron chi connectivity index (χ3n) is 6.06. The number of hydrogen-bond acceptors (Lipinski definition) is 5. The highest BCUT2D eigenvalue weighted by Gasteiger charge is 2.62. The van der Waals surface area contributed by atoms with Gasteiger partial charge in [-0.15, -0.1) is 0 Å². The molecular weight excluding hydrogens is 272 g/mol. The van der Waals surface area contributed by atoms with Gasteiger partial charge in [-0.1, -0.05) is 20.8 Å². The van der Waals surface area contributed by atoms with E-state index in [0.717, 1.165) is 24.4 Å². The molecule has 3 rings (SSSR count). The van der Waals surface area contributed by atoms with Crippen LogP contribution in [0.15, 0.2) is 0 Å². The molecule has 3 unspecified atom stereocenters. The normalized spacial score (nSPS) is 34.4. The molecule has 2 bridgehead atoms. The predicted molar refractivity (Wildman–Crippen MR) is 79.7 cm³/mol. The first kappa shape index (κ1) is 13.9. The van der Waals surface area contributed by atoms with Crippen LogP contribution in [0.5, 0.6) is 0 Å². The summed E-state index contributed by atoms with van der Waals surface area (Å²) in [5, 5.41) is 0.458. The Bertz CT molecular complexity index is 547. The quantitative estimate of drug-likeness (QED) is 0.849. The Morgan fingerprint density at radius 1 is 1.45 bits per heavy atom. The number of aromatic nitrogens is 1. The number of carbonyl (C=O) groups excluding carboxylic acids is 1. The molecule has 4 nitrogen and oxygen atoms in total. The number of rotatable bonds is 2. The van der Waals surface area contributed by atoms with Crippen molar-refractivity contribution in [1.82, 2.24) is 4.37 Å². The Hall–Kier alpha value is -1.10. The van der Waals surface area contributed by atoms with E-state index in [1.165, 1.54) is 6.42 Å². The summed E-state index contributed by atoms with van der Waals surface area (Å²) < 4.78 is 9.96. The van der Waals surface area contributed by atoms with Crippen molar-refractivity contribution in [3.05, 3.63) is 11.3 Å². The fourth-order valence-corrected chi connectivity index (χ4v) is 4.78. The molecule has 0 amide bonds. The second-order valence-electron chi connectivity index (χ2n) is 7.01. The molecule has 1 aromatic rings. The molecule has 20 heavy (non-hydrogen) atoms. The van der Waals surface area contributed by atoms with E-state index in [-0.39, 0.29) is 22.9 Å². The third kappa shape index (κ3) is 1.65. The van der Waals surface area contributed by atoms with Gasteiger partial charge in [-0.05, 0) is 49.1 Å². The second kappa shape index (κ2) is 4.20. The summed E-state index contributed by atoms with van der Waals surface area (Å²) in [6.45, 7) is 8.68. The lowest BCUT2D eigenvalue weighted by atomic mass is 9.70. The number of aryl methyl sites for hydroxylation is 1. The first-order chi connectivity index (χ1) is 9.27. The van der Waals surface area contributed by atoms with Gasteiger partial charge in [-0.2, -0.15) is 4.37 Å². The Labute approximate surface area is 123 Å². The van der Waals surface area contributed by atoms with Crippen LogP contribution in [0, 0.1) is 23.7 Å². The van der Waals surface area contributed by atoms with Crippen molar-refractivity contribution < 1.29 is 9.53 Å². The molecule has 0 saturated heterocycles. The molecule has 2 N–H and O–H groups in total. The summed E-state index contributed by atoms with van der Waals surface area (Å²) in [7, 11) is 0. The number of anilines is 1. The Morgan fingerprint density at radius 3 is 2.60 bits per heavy atom. The van der Waals surface area contributed by atoms with Gasteiger partial charge in [0, 0.05) is 5.41 Å². The van der Waals surface area contributed by atoms with Gasteiger partial charge in [0.15, 0.2) is 0 Å². The summed E-state index contributed by atoms with van der Waals surface area (Å²) in [6, 6.07) is 0. The van der Waals surface area contributed by atoms with Gasteiger partial charge in [0.25, 0.3) is 0 Å². The van der Waals surface area contributed by atoms with Crippen LogP contribution in [-0.4, -0.2) is 16.4 Å². The van der Waals surface area contributed by atoms with Crippen LogP contribution in [0.2, 0.25) is 0 Å². The number of esters is 1. The van der Waals surface area contributed by atoms with Crippen molar-refractivity contribution >= 4 is 22.5 Å². The first-order valence-electron chi connectivity index (χ1n) is 7.20. The van der Waals surface area contributed by atoms with Crippen molar-refractivity contribution in [1.29, 1.82) is 0 Å². The van der Waals surface area contributed by atoms with Crippen molar-refractivity contribution in [3.8, 4) is 0 Å². The van der Waals surface area contributed by atoms with Crippen molar-refractivity contribution in [2.45, 2.75) is 53.1 Å². The standard InChI is InChI=1S/C15H22N2O2S/c1-8-11(12(16)20-17-8)13(18)19-10-7-9-5-6-15(10,4)14(9,2)3/h9-10H,5-7,16H2,1-4H3. The molecule has 5 heteroatoms. The second-order valence-corrected chi connectivity index (χ2v) is 7.82. The van der Waals surface area contributed by atoms with Gasteiger partial charge < -0.3 is 10.5 Å². The summed E-state index contributed by atoms with van der Waals surface area (Å²) in [4.78, 5) is 12.4. The van der Waals surface area contributed by atoms with Gasteiger partial charge in [-0.3, -0.25) is 0 Å². The number of nitrogens with two attached hydrogens (primary N) is 1. The molecule has 2 aliphatic rings. The molecule has 0 spiro atoms. The van der Waals surface area contributed by atoms with E-state index in [9.17, 15) is 4.79 Å². The van der Waals surface area contributed by atoms with E-state index in [0.29, 0.717) is 22.2 Å². The monoisotopic (exact) mass is 294 g/mol. The van der Waals surface area contributed by atoms with E-state index >= 15 is 0 Å². The zero-order valence-electron chi connectivity index (χ0n) is 12.5.